The Balaban J connectivity index is 1.79. The average Bonchev–Trinajstić information content (AvgIpc) is 3.07. The average molecular weight is 306 g/mol. The molecule has 2 aliphatic heterocycles. The molecular formula is C18H14N2O3. The Kier molecular flexibility index (Phi) is 2.84. The van der Waals surface area contributed by atoms with E-state index >= 15 is 0 Å². The van der Waals surface area contributed by atoms with Crippen molar-refractivity contribution in [2.24, 2.45) is 0 Å². The maximum atomic E-state index is 12.5. The summed E-state index contributed by atoms with van der Waals surface area (Å²) < 4.78 is 0. The van der Waals surface area contributed by atoms with Crippen molar-refractivity contribution in [2.75, 3.05) is 16.3 Å². The smallest absolute Gasteiger partial charge is 0.266 e. The lowest BCUT2D eigenvalue weighted by Crippen LogP contribution is -2.30. The van der Waals surface area contributed by atoms with Crippen LogP contribution in [0.15, 0.2) is 42.5 Å². The van der Waals surface area contributed by atoms with Gasteiger partial charge in [-0.05, 0) is 36.2 Å². The fraction of sp³-hybridized carbons (Fsp3) is 0.167. The molecule has 2 aromatic carbocycles. The summed E-state index contributed by atoms with van der Waals surface area (Å²) in [5.41, 5.74) is 3.18. The monoisotopic (exact) mass is 306 g/mol. The first-order chi connectivity index (χ1) is 11.1. The summed E-state index contributed by atoms with van der Waals surface area (Å²) in [4.78, 5) is 39.7. The molecule has 114 valence electrons. The quantitative estimate of drug-likeness (QED) is 0.760. The molecule has 2 aromatic rings. The van der Waals surface area contributed by atoms with Gasteiger partial charge in [0.05, 0.1) is 16.8 Å². The van der Waals surface area contributed by atoms with Crippen molar-refractivity contribution >= 4 is 29.1 Å². The van der Waals surface area contributed by atoms with Gasteiger partial charge in [-0.1, -0.05) is 18.2 Å². The van der Waals surface area contributed by atoms with E-state index in [1.54, 1.807) is 41.3 Å². The number of carbonyl (C=O) groups excluding carboxylic acids is 3. The van der Waals surface area contributed by atoms with Crippen molar-refractivity contribution in [3.05, 3.63) is 59.2 Å². The topological polar surface area (TPSA) is 57.7 Å². The minimum absolute atomic E-state index is 0.0386. The van der Waals surface area contributed by atoms with Gasteiger partial charge >= 0.3 is 0 Å². The fourth-order valence-corrected chi connectivity index (χ4v) is 3.26. The first-order valence-corrected chi connectivity index (χ1v) is 7.47. The highest BCUT2D eigenvalue weighted by molar-refractivity contribution is 6.34. The zero-order valence-corrected chi connectivity index (χ0v) is 12.6. The number of fused-ring (bicyclic) bond motifs is 2. The van der Waals surface area contributed by atoms with Gasteiger partial charge in [0.2, 0.25) is 5.91 Å². The van der Waals surface area contributed by atoms with Gasteiger partial charge < -0.3 is 4.90 Å². The van der Waals surface area contributed by atoms with Crippen LogP contribution in [0.5, 0.6) is 0 Å². The lowest BCUT2D eigenvalue weighted by Gasteiger charge is -2.19. The molecule has 0 saturated heterocycles. The van der Waals surface area contributed by atoms with Gasteiger partial charge in [0.25, 0.3) is 11.8 Å². The molecule has 0 fully saturated rings. The molecule has 5 nitrogen and oxygen atoms in total. The van der Waals surface area contributed by atoms with Crippen molar-refractivity contribution < 1.29 is 14.4 Å². The van der Waals surface area contributed by atoms with E-state index in [2.05, 4.69) is 0 Å². The van der Waals surface area contributed by atoms with Crippen LogP contribution in [-0.4, -0.2) is 24.3 Å². The molecule has 2 heterocycles. The van der Waals surface area contributed by atoms with Crippen LogP contribution in [0.4, 0.5) is 11.4 Å². The number of anilines is 2. The number of nitrogens with zero attached hydrogens (tertiary/aromatic N) is 2. The van der Waals surface area contributed by atoms with E-state index in [0.29, 0.717) is 23.4 Å². The number of carbonyl (C=O) groups is 3. The SMILES string of the molecule is CC(=O)N1CCc2ccc(N3C(=O)c4ccccc4C3=O)cc21. The Morgan fingerprint density at radius 2 is 1.65 bits per heavy atom. The van der Waals surface area contributed by atoms with Gasteiger partial charge in [-0.3, -0.25) is 14.4 Å². The summed E-state index contributed by atoms with van der Waals surface area (Å²) in [6.07, 6.45) is 0.789. The molecule has 3 amide bonds. The van der Waals surface area contributed by atoms with E-state index < -0.39 is 0 Å². The second-order valence-corrected chi connectivity index (χ2v) is 5.72. The summed E-state index contributed by atoms with van der Waals surface area (Å²) in [6, 6.07) is 12.2. The third kappa shape index (κ3) is 1.90. The molecule has 0 N–H and O–H groups in total. The Morgan fingerprint density at radius 1 is 1.00 bits per heavy atom. The first-order valence-electron chi connectivity index (χ1n) is 7.47. The highest BCUT2D eigenvalue weighted by Crippen LogP contribution is 2.35. The number of rotatable bonds is 1. The number of hydrogen-bond acceptors (Lipinski definition) is 3. The molecule has 0 radical (unpaired) electrons. The molecule has 0 unspecified atom stereocenters. The van der Waals surface area contributed by atoms with Crippen LogP contribution in [0.2, 0.25) is 0 Å². The zero-order chi connectivity index (χ0) is 16.1. The van der Waals surface area contributed by atoms with Crippen LogP contribution in [0.1, 0.15) is 33.2 Å². The van der Waals surface area contributed by atoms with E-state index in [-0.39, 0.29) is 17.7 Å². The van der Waals surface area contributed by atoms with E-state index in [9.17, 15) is 14.4 Å². The van der Waals surface area contributed by atoms with E-state index in [0.717, 1.165) is 17.7 Å². The van der Waals surface area contributed by atoms with Gasteiger partial charge in [0, 0.05) is 19.2 Å². The maximum absolute atomic E-state index is 12.5. The molecule has 0 bridgehead atoms. The standard InChI is InChI=1S/C18H14N2O3/c1-11(21)19-9-8-12-6-7-13(10-16(12)19)20-17(22)14-4-2-3-5-15(14)18(20)23/h2-7,10H,8-9H2,1H3. The Bertz CT molecular complexity index is 837. The van der Waals surface area contributed by atoms with E-state index in [1.807, 2.05) is 6.07 Å². The number of benzene rings is 2. The molecule has 5 heteroatoms. The van der Waals surface area contributed by atoms with Crippen LogP contribution in [0.3, 0.4) is 0 Å². The molecule has 0 aliphatic carbocycles. The molecule has 2 aliphatic rings. The molecule has 0 saturated carbocycles. The number of amides is 3. The van der Waals surface area contributed by atoms with Crippen molar-refractivity contribution in [3.63, 3.8) is 0 Å². The van der Waals surface area contributed by atoms with Crippen LogP contribution in [0.25, 0.3) is 0 Å². The summed E-state index contributed by atoms with van der Waals surface area (Å²) in [5.74, 6) is -0.681. The molecule has 0 atom stereocenters. The van der Waals surface area contributed by atoms with Crippen molar-refractivity contribution in [2.45, 2.75) is 13.3 Å². The van der Waals surface area contributed by atoms with Gasteiger partial charge in [-0.2, -0.15) is 0 Å². The molecular weight excluding hydrogens is 292 g/mol. The molecule has 0 aromatic heterocycles. The lowest BCUT2D eigenvalue weighted by atomic mass is 10.1. The van der Waals surface area contributed by atoms with Crippen LogP contribution in [-0.2, 0) is 11.2 Å². The highest BCUT2D eigenvalue weighted by Gasteiger charge is 2.37. The maximum Gasteiger partial charge on any atom is 0.266 e. The third-order valence-electron chi connectivity index (χ3n) is 4.40. The van der Waals surface area contributed by atoms with Crippen LogP contribution < -0.4 is 9.80 Å². The third-order valence-corrected chi connectivity index (χ3v) is 4.40. The zero-order valence-electron chi connectivity index (χ0n) is 12.6. The summed E-state index contributed by atoms with van der Waals surface area (Å²) in [6.45, 7) is 2.15. The van der Waals surface area contributed by atoms with Crippen molar-refractivity contribution in [1.29, 1.82) is 0 Å². The summed E-state index contributed by atoms with van der Waals surface area (Å²) >= 11 is 0. The highest BCUT2D eigenvalue weighted by atomic mass is 16.2. The Labute approximate surface area is 133 Å². The Morgan fingerprint density at radius 3 is 2.26 bits per heavy atom. The number of hydrogen-bond donors (Lipinski definition) is 0. The summed E-state index contributed by atoms with van der Waals surface area (Å²) in [7, 11) is 0. The molecule has 0 spiro atoms. The van der Waals surface area contributed by atoms with Gasteiger partial charge in [-0.25, -0.2) is 4.90 Å². The van der Waals surface area contributed by atoms with Gasteiger partial charge in [-0.15, -0.1) is 0 Å². The van der Waals surface area contributed by atoms with E-state index in [1.165, 1.54) is 11.8 Å². The van der Waals surface area contributed by atoms with Gasteiger partial charge in [0.15, 0.2) is 0 Å². The largest absolute Gasteiger partial charge is 0.312 e. The minimum Gasteiger partial charge on any atom is -0.312 e. The van der Waals surface area contributed by atoms with Crippen molar-refractivity contribution in [1.82, 2.24) is 0 Å². The van der Waals surface area contributed by atoms with Crippen LogP contribution >= 0.6 is 0 Å². The van der Waals surface area contributed by atoms with Crippen LogP contribution in [0, 0.1) is 0 Å². The normalized spacial score (nSPS) is 15.9. The number of imide groups is 1. The second-order valence-electron chi connectivity index (χ2n) is 5.72. The fourth-order valence-electron chi connectivity index (χ4n) is 3.26. The predicted molar refractivity (Wildman–Crippen MR) is 85.8 cm³/mol. The first kappa shape index (κ1) is 13.7. The van der Waals surface area contributed by atoms with Gasteiger partial charge in [0.1, 0.15) is 0 Å². The second kappa shape index (κ2) is 4.78. The van der Waals surface area contributed by atoms with E-state index in [4.69, 9.17) is 0 Å². The lowest BCUT2D eigenvalue weighted by molar-refractivity contribution is -0.116. The summed E-state index contributed by atoms with van der Waals surface area (Å²) in [5, 5.41) is 0. The minimum atomic E-state index is -0.321. The van der Waals surface area contributed by atoms with Crippen molar-refractivity contribution in [3.8, 4) is 0 Å². The molecule has 23 heavy (non-hydrogen) atoms. The molecule has 4 rings (SSSR count). The Hall–Kier alpha value is -2.95. The predicted octanol–water partition coefficient (Wildman–Crippen LogP) is 2.40.